The molecule has 3 aromatic carbocycles. The van der Waals surface area contributed by atoms with E-state index in [4.69, 9.17) is 10.00 Å². The summed E-state index contributed by atoms with van der Waals surface area (Å²) in [6, 6.07) is 22.2. The van der Waals surface area contributed by atoms with E-state index in [2.05, 4.69) is 15.8 Å². The van der Waals surface area contributed by atoms with Crippen molar-refractivity contribution >= 4 is 29.7 Å². The molecule has 0 radical (unpaired) electrons. The van der Waals surface area contributed by atoms with Crippen LogP contribution in [0.4, 0.5) is 5.69 Å². The number of rotatable bonds is 6. The first-order chi connectivity index (χ1) is 15.9. The van der Waals surface area contributed by atoms with Crippen molar-refractivity contribution in [3.8, 4) is 11.8 Å². The van der Waals surface area contributed by atoms with Gasteiger partial charge in [-0.2, -0.15) is 10.4 Å². The zero-order chi connectivity index (χ0) is 23.6. The highest BCUT2D eigenvalue weighted by Gasteiger charge is 2.13. The number of hydrazone groups is 1. The van der Waals surface area contributed by atoms with Gasteiger partial charge >= 0.3 is 17.8 Å². The monoisotopic (exact) mass is 440 g/mol. The molecule has 33 heavy (non-hydrogen) atoms. The molecule has 0 saturated carbocycles. The summed E-state index contributed by atoms with van der Waals surface area (Å²) in [5, 5.41) is 14.9. The second kappa shape index (κ2) is 11.0. The number of nitriles is 1. The summed E-state index contributed by atoms with van der Waals surface area (Å²) in [5.74, 6) is -1.91. The number of anilines is 1. The van der Waals surface area contributed by atoms with E-state index in [1.807, 2.05) is 25.1 Å². The van der Waals surface area contributed by atoms with Gasteiger partial charge in [-0.15, -0.1) is 0 Å². The zero-order valence-electron chi connectivity index (χ0n) is 17.7. The zero-order valence-corrected chi connectivity index (χ0v) is 17.7. The predicted octanol–water partition coefficient (Wildman–Crippen LogP) is 3.37. The van der Waals surface area contributed by atoms with Crippen LogP contribution in [-0.2, 0) is 16.0 Å². The van der Waals surface area contributed by atoms with Gasteiger partial charge in [0.25, 0.3) is 0 Å². The molecule has 2 amide bonds. The van der Waals surface area contributed by atoms with E-state index in [9.17, 15) is 14.4 Å². The van der Waals surface area contributed by atoms with Crippen LogP contribution >= 0.6 is 0 Å². The third kappa shape index (κ3) is 6.87. The van der Waals surface area contributed by atoms with Crippen LogP contribution in [0.25, 0.3) is 0 Å². The molecule has 0 atom stereocenters. The summed E-state index contributed by atoms with van der Waals surface area (Å²) in [5.41, 5.74) is 5.50. The number of hydrogen-bond donors (Lipinski definition) is 2. The molecule has 0 heterocycles. The molecule has 3 rings (SSSR count). The maximum absolute atomic E-state index is 12.2. The fourth-order valence-corrected chi connectivity index (χ4v) is 2.68. The fraction of sp³-hybridized carbons (Fsp3) is 0.0800. The molecule has 8 heteroatoms. The number of carbonyl (C=O) groups excluding carboxylic acids is 3. The lowest BCUT2D eigenvalue weighted by Gasteiger charge is -2.05. The van der Waals surface area contributed by atoms with Crippen LogP contribution in [0, 0.1) is 18.3 Å². The maximum Gasteiger partial charge on any atom is 0.343 e. The first kappa shape index (κ1) is 22.9. The van der Waals surface area contributed by atoms with E-state index in [-0.39, 0.29) is 6.42 Å². The maximum atomic E-state index is 12.2. The van der Waals surface area contributed by atoms with Gasteiger partial charge in [0.1, 0.15) is 5.75 Å². The molecule has 8 nitrogen and oxygen atoms in total. The molecule has 0 saturated heterocycles. The molecular formula is C25H20N4O4. The van der Waals surface area contributed by atoms with Crippen molar-refractivity contribution in [3.63, 3.8) is 0 Å². The van der Waals surface area contributed by atoms with Gasteiger partial charge in [0.05, 0.1) is 24.3 Å². The molecule has 0 aliphatic rings. The van der Waals surface area contributed by atoms with Gasteiger partial charge in [-0.05, 0) is 66.6 Å². The first-order valence-corrected chi connectivity index (χ1v) is 9.94. The lowest BCUT2D eigenvalue weighted by atomic mass is 10.1. The van der Waals surface area contributed by atoms with Crippen LogP contribution in [0.5, 0.6) is 5.75 Å². The number of hydrogen-bond acceptors (Lipinski definition) is 6. The summed E-state index contributed by atoms with van der Waals surface area (Å²) in [6.07, 6.45) is 1.62. The van der Waals surface area contributed by atoms with Crippen molar-refractivity contribution in [2.24, 2.45) is 5.10 Å². The SMILES string of the molecule is Cc1ccc(C(=O)Oc2ccc(C=NNC(=O)C(=O)Nc3ccc(CC#N)cc3)cc2)cc1. The van der Waals surface area contributed by atoms with Gasteiger partial charge in [-0.1, -0.05) is 29.8 Å². The van der Waals surface area contributed by atoms with Crippen LogP contribution in [0.15, 0.2) is 77.9 Å². The topological polar surface area (TPSA) is 121 Å². The number of esters is 1. The molecule has 3 aromatic rings. The molecule has 164 valence electrons. The minimum Gasteiger partial charge on any atom is -0.423 e. The van der Waals surface area contributed by atoms with E-state index in [1.165, 1.54) is 6.21 Å². The minimum atomic E-state index is -0.934. The fourth-order valence-electron chi connectivity index (χ4n) is 2.68. The van der Waals surface area contributed by atoms with Crippen LogP contribution in [-0.4, -0.2) is 24.0 Å². The van der Waals surface area contributed by atoms with Gasteiger partial charge in [-0.3, -0.25) is 9.59 Å². The number of aryl methyl sites for hydroxylation is 1. The molecule has 0 spiro atoms. The van der Waals surface area contributed by atoms with Crippen molar-refractivity contribution < 1.29 is 19.1 Å². The van der Waals surface area contributed by atoms with Crippen LogP contribution < -0.4 is 15.5 Å². The average molecular weight is 440 g/mol. The highest BCUT2D eigenvalue weighted by molar-refractivity contribution is 6.39. The Labute approximate surface area is 190 Å². The Hall–Kier alpha value is -4.77. The first-order valence-electron chi connectivity index (χ1n) is 9.94. The predicted molar refractivity (Wildman–Crippen MR) is 123 cm³/mol. The van der Waals surface area contributed by atoms with E-state index in [0.29, 0.717) is 22.6 Å². The van der Waals surface area contributed by atoms with Crippen LogP contribution in [0.2, 0.25) is 0 Å². The Kier molecular flexibility index (Phi) is 7.65. The van der Waals surface area contributed by atoms with Crippen molar-refractivity contribution in [3.05, 3.63) is 95.1 Å². The summed E-state index contributed by atoms with van der Waals surface area (Å²) >= 11 is 0. The minimum absolute atomic E-state index is 0.263. The van der Waals surface area contributed by atoms with Gasteiger partial charge in [-0.25, -0.2) is 10.2 Å². The second-order valence-electron chi connectivity index (χ2n) is 7.01. The summed E-state index contributed by atoms with van der Waals surface area (Å²) in [4.78, 5) is 36.0. The second-order valence-corrected chi connectivity index (χ2v) is 7.01. The highest BCUT2D eigenvalue weighted by atomic mass is 16.5. The molecule has 0 aliphatic carbocycles. The number of benzene rings is 3. The van der Waals surface area contributed by atoms with E-state index < -0.39 is 17.8 Å². The third-order valence-corrected chi connectivity index (χ3v) is 4.46. The number of nitrogens with zero attached hydrogens (tertiary/aromatic N) is 2. The molecular weight excluding hydrogens is 420 g/mol. The number of amides is 2. The van der Waals surface area contributed by atoms with Crippen molar-refractivity contribution in [2.45, 2.75) is 13.3 Å². The average Bonchev–Trinajstić information content (AvgIpc) is 2.82. The smallest absolute Gasteiger partial charge is 0.343 e. The number of ether oxygens (including phenoxy) is 1. The number of nitrogens with one attached hydrogen (secondary N) is 2. The molecule has 0 bridgehead atoms. The summed E-state index contributed by atoms with van der Waals surface area (Å²) in [7, 11) is 0. The molecule has 2 N–H and O–H groups in total. The quantitative estimate of drug-likeness (QED) is 0.200. The van der Waals surface area contributed by atoms with Crippen molar-refractivity contribution in [1.82, 2.24) is 5.43 Å². The van der Waals surface area contributed by atoms with E-state index in [0.717, 1.165) is 11.1 Å². The lowest BCUT2D eigenvalue weighted by Crippen LogP contribution is -2.32. The Bertz CT molecular complexity index is 1210. The van der Waals surface area contributed by atoms with Gasteiger partial charge < -0.3 is 10.1 Å². The lowest BCUT2D eigenvalue weighted by molar-refractivity contribution is -0.136. The summed E-state index contributed by atoms with van der Waals surface area (Å²) in [6.45, 7) is 1.93. The van der Waals surface area contributed by atoms with Crippen molar-refractivity contribution in [2.75, 3.05) is 5.32 Å². The summed E-state index contributed by atoms with van der Waals surface area (Å²) < 4.78 is 5.32. The highest BCUT2D eigenvalue weighted by Crippen LogP contribution is 2.14. The Morgan fingerprint density at radius 2 is 1.61 bits per heavy atom. The van der Waals surface area contributed by atoms with Gasteiger partial charge in [0.15, 0.2) is 0 Å². The molecule has 0 aromatic heterocycles. The van der Waals surface area contributed by atoms with Gasteiger partial charge in [0.2, 0.25) is 0 Å². The Morgan fingerprint density at radius 1 is 0.939 bits per heavy atom. The Balaban J connectivity index is 1.48. The van der Waals surface area contributed by atoms with Crippen LogP contribution in [0.1, 0.15) is 27.0 Å². The van der Waals surface area contributed by atoms with E-state index >= 15 is 0 Å². The van der Waals surface area contributed by atoms with Gasteiger partial charge in [0, 0.05) is 5.69 Å². The standard InChI is InChI=1S/C25H20N4O4/c1-17-2-8-20(9-3-17)25(32)33-22-12-6-19(7-13-22)16-27-29-24(31)23(30)28-21-10-4-18(5-11-21)14-15-26/h2-13,16H,14H2,1H3,(H,28,30)(H,29,31). The normalized spacial score (nSPS) is 10.3. The van der Waals surface area contributed by atoms with Crippen LogP contribution in [0.3, 0.4) is 0 Å². The van der Waals surface area contributed by atoms with E-state index in [1.54, 1.807) is 60.7 Å². The molecule has 0 fully saturated rings. The third-order valence-electron chi connectivity index (χ3n) is 4.46. The largest absolute Gasteiger partial charge is 0.423 e. The number of carbonyl (C=O) groups is 3. The molecule has 0 unspecified atom stereocenters. The van der Waals surface area contributed by atoms with Crippen molar-refractivity contribution in [1.29, 1.82) is 5.26 Å². The Morgan fingerprint density at radius 3 is 2.24 bits per heavy atom. The molecule has 0 aliphatic heterocycles.